The van der Waals surface area contributed by atoms with E-state index >= 15 is 0 Å². The smallest absolute Gasteiger partial charge is 0.242 e. The van der Waals surface area contributed by atoms with Gasteiger partial charge in [0.15, 0.2) is 0 Å². The fraction of sp³-hybridized carbons (Fsp3) is 0.607. The van der Waals surface area contributed by atoms with E-state index in [0.29, 0.717) is 58.5 Å². The van der Waals surface area contributed by atoms with E-state index in [-0.39, 0.29) is 17.7 Å². The molecule has 1 aromatic heterocycles. The van der Waals surface area contributed by atoms with Gasteiger partial charge in [-0.3, -0.25) is 14.4 Å². The molecule has 2 aromatic rings. The first-order valence-corrected chi connectivity index (χ1v) is 13.4. The Hall–Kier alpha value is -2.87. The number of aromatic nitrogens is 1. The summed E-state index contributed by atoms with van der Waals surface area (Å²) in [4.78, 5) is 40.7. The molecule has 8 nitrogen and oxygen atoms in total. The van der Waals surface area contributed by atoms with E-state index in [0.717, 1.165) is 25.8 Å². The topological polar surface area (TPSA) is 92.7 Å². The van der Waals surface area contributed by atoms with Gasteiger partial charge >= 0.3 is 0 Å². The Morgan fingerprint density at radius 3 is 2.67 bits per heavy atom. The molecule has 2 N–H and O–H groups in total. The van der Waals surface area contributed by atoms with Crippen LogP contribution in [0.3, 0.4) is 0 Å². The Kier molecular flexibility index (Phi) is 8.67. The minimum Gasteiger partial charge on any atom is -0.380 e. The zero-order valence-electron chi connectivity index (χ0n) is 21.7. The zero-order valence-corrected chi connectivity index (χ0v) is 21.7. The summed E-state index contributed by atoms with van der Waals surface area (Å²) in [5.74, 6) is -0.118. The highest BCUT2D eigenvalue weighted by atomic mass is 16.5. The molecule has 1 atom stereocenters. The highest BCUT2D eigenvalue weighted by Gasteiger charge is 2.42. The van der Waals surface area contributed by atoms with E-state index in [1.54, 1.807) is 6.92 Å². The molecular weight excluding hydrogens is 456 g/mol. The Bertz CT molecular complexity index is 1070. The van der Waals surface area contributed by atoms with Crippen molar-refractivity contribution in [2.45, 2.75) is 71.4 Å². The third-order valence-corrected chi connectivity index (χ3v) is 7.86. The van der Waals surface area contributed by atoms with Crippen LogP contribution in [0.5, 0.6) is 0 Å². The molecule has 0 aliphatic carbocycles. The number of para-hydroxylation sites is 1. The molecule has 2 aliphatic rings. The molecule has 0 bridgehead atoms. The quantitative estimate of drug-likeness (QED) is 0.681. The van der Waals surface area contributed by atoms with Gasteiger partial charge in [0.1, 0.15) is 6.04 Å². The summed E-state index contributed by atoms with van der Waals surface area (Å²) in [6, 6.07) is 7.75. The molecule has 1 spiro atoms. The van der Waals surface area contributed by atoms with Crippen molar-refractivity contribution in [2.24, 2.45) is 5.41 Å². The summed E-state index contributed by atoms with van der Waals surface area (Å²) < 4.78 is 7.84. The SMILES string of the molecule is CCn1cc(CCC(=O)N2CCC3(CCCCOCCNC(=O)[C@H](C)NC3=O)CC2)c2ccccc21. The van der Waals surface area contributed by atoms with Crippen LogP contribution in [-0.4, -0.2) is 66.1 Å². The molecule has 0 unspecified atom stereocenters. The maximum absolute atomic E-state index is 13.4. The molecule has 8 heteroatoms. The van der Waals surface area contributed by atoms with Crippen LogP contribution in [-0.2, 0) is 32.1 Å². The summed E-state index contributed by atoms with van der Waals surface area (Å²) in [5.41, 5.74) is 1.87. The van der Waals surface area contributed by atoms with E-state index in [4.69, 9.17) is 4.74 Å². The fourth-order valence-electron chi connectivity index (χ4n) is 5.54. The number of piperidine rings is 1. The van der Waals surface area contributed by atoms with E-state index in [1.165, 1.54) is 16.5 Å². The Morgan fingerprint density at radius 2 is 1.89 bits per heavy atom. The molecular formula is C28H40N4O4. The maximum atomic E-state index is 13.4. The number of hydrogen-bond acceptors (Lipinski definition) is 4. The lowest BCUT2D eigenvalue weighted by molar-refractivity contribution is -0.142. The number of carbonyl (C=O) groups excluding carboxylic acids is 3. The third kappa shape index (κ3) is 5.91. The highest BCUT2D eigenvalue weighted by molar-refractivity contribution is 5.90. The second kappa shape index (κ2) is 11.9. The van der Waals surface area contributed by atoms with Crippen molar-refractivity contribution in [1.82, 2.24) is 20.1 Å². The number of aryl methyl sites for hydroxylation is 2. The van der Waals surface area contributed by atoms with Crippen LogP contribution in [0.1, 0.15) is 57.9 Å². The maximum Gasteiger partial charge on any atom is 0.242 e. The largest absolute Gasteiger partial charge is 0.380 e. The van der Waals surface area contributed by atoms with E-state index in [1.807, 2.05) is 17.0 Å². The van der Waals surface area contributed by atoms with Gasteiger partial charge in [-0.15, -0.1) is 0 Å². The van der Waals surface area contributed by atoms with E-state index in [9.17, 15) is 14.4 Å². The molecule has 2 fully saturated rings. The van der Waals surface area contributed by atoms with Crippen LogP contribution in [0, 0.1) is 5.41 Å². The van der Waals surface area contributed by atoms with Crippen LogP contribution < -0.4 is 10.6 Å². The van der Waals surface area contributed by atoms with Crippen molar-refractivity contribution in [1.29, 1.82) is 0 Å². The summed E-state index contributed by atoms with van der Waals surface area (Å²) >= 11 is 0. The summed E-state index contributed by atoms with van der Waals surface area (Å²) in [5, 5.41) is 6.98. The van der Waals surface area contributed by atoms with Crippen LogP contribution in [0.4, 0.5) is 0 Å². The average molecular weight is 497 g/mol. The number of ether oxygens (including phenoxy) is 1. The van der Waals surface area contributed by atoms with Crippen LogP contribution in [0.2, 0.25) is 0 Å². The van der Waals surface area contributed by atoms with Gasteiger partial charge in [-0.25, -0.2) is 0 Å². The molecule has 36 heavy (non-hydrogen) atoms. The van der Waals surface area contributed by atoms with Gasteiger partial charge in [0.25, 0.3) is 0 Å². The average Bonchev–Trinajstić information content (AvgIpc) is 3.26. The number of rotatable bonds is 4. The van der Waals surface area contributed by atoms with E-state index in [2.05, 4.69) is 40.5 Å². The predicted molar refractivity (Wildman–Crippen MR) is 139 cm³/mol. The molecule has 2 aliphatic heterocycles. The number of hydrogen-bond donors (Lipinski definition) is 2. The first-order chi connectivity index (χ1) is 17.4. The number of benzene rings is 1. The lowest BCUT2D eigenvalue weighted by Gasteiger charge is -2.41. The van der Waals surface area contributed by atoms with Gasteiger partial charge in [0, 0.05) is 56.3 Å². The summed E-state index contributed by atoms with van der Waals surface area (Å²) in [6.45, 7) is 7.44. The monoisotopic (exact) mass is 496 g/mol. The number of carbonyl (C=O) groups is 3. The minimum atomic E-state index is -0.597. The summed E-state index contributed by atoms with van der Waals surface area (Å²) in [6.07, 6.45) is 7.10. The molecule has 4 rings (SSSR count). The number of amides is 3. The van der Waals surface area contributed by atoms with Gasteiger partial charge in [-0.2, -0.15) is 0 Å². The lowest BCUT2D eigenvalue weighted by Crippen LogP contribution is -2.54. The Morgan fingerprint density at radius 1 is 1.11 bits per heavy atom. The minimum absolute atomic E-state index is 0.0650. The van der Waals surface area contributed by atoms with Crippen molar-refractivity contribution in [3.63, 3.8) is 0 Å². The third-order valence-electron chi connectivity index (χ3n) is 7.86. The van der Waals surface area contributed by atoms with Gasteiger partial charge in [0.2, 0.25) is 17.7 Å². The van der Waals surface area contributed by atoms with Gasteiger partial charge in [-0.1, -0.05) is 24.6 Å². The molecule has 2 saturated heterocycles. The number of nitrogens with zero attached hydrogens (tertiary/aromatic N) is 2. The van der Waals surface area contributed by atoms with Gasteiger partial charge in [-0.05, 0) is 57.6 Å². The second-order valence-corrected chi connectivity index (χ2v) is 10.2. The molecule has 196 valence electrons. The zero-order chi connectivity index (χ0) is 25.5. The highest BCUT2D eigenvalue weighted by Crippen LogP contribution is 2.37. The first kappa shape index (κ1) is 26.2. The van der Waals surface area contributed by atoms with E-state index < -0.39 is 11.5 Å². The number of fused-ring (bicyclic) bond motifs is 1. The molecule has 0 saturated carbocycles. The van der Waals surface area contributed by atoms with Crippen molar-refractivity contribution in [2.75, 3.05) is 32.8 Å². The van der Waals surface area contributed by atoms with Crippen molar-refractivity contribution in [3.8, 4) is 0 Å². The number of nitrogens with one attached hydrogen (secondary N) is 2. The van der Waals surface area contributed by atoms with Crippen LogP contribution in [0.25, 0.3) is 10.9 Å². The molecule has 1 aromatic carbocycles. The van der Waals surface area contributed by atoms with Crippen molar-refractivity contribution < 1.29 is 19.1 Å². The van der Waals surface area contributed by atoms with Crippen LogP contribution in [0.15, 0.2) is 30.5 Å². The summed E-state index contributed by atoms with van der Waals surface area (Å²) in [7, 11) is 0. The van der Waals surface area contributed by atoms with Crippen LogP contribution >= 0.6 is 0 Å². The standard InChI is InChI=1S/C28H40N4O4/c1-3-31-20-22(23-8-4-5-9-24(23)31)10-11-25(33)32-16-13-28(14-17-32)12-6-7-18-36-19-15-29-26(34)21(2)30-27(28)35/h4-5,8-9,20-21H,3,6-7,10-19H2,1-2H3,(H,29,34)(H,30,35)/t21-/m0/s1. The number of likely N-dealkylation sites (tertiary alicyclic amines) is 1. The lowest BCUT2D eigenvalue weighted by atomic mass is 9.73. The Labute approximate surface area is 213 Å². The molecule has 0 radical (unpaired) electrons. The van der Waals surface area contributed by atoms with Crippen molar-refractivity contribution >= 4 is 28.6 Å². The van der Waals surface area contributed by atoms with Gasteiger partial charge in [0.05, 0.1) is 12.0 Å². The van der Waals surface area contributed by atoms with Crippen molar-refractivity contribution in [3.05, 3.63) is 36.0 Å². The molecule has 3 heterocycles. The molecule has 3 amide bonds. The Balaban J connectivity index is 1.37. The predicted octanol–water partition coefficient (Wildman–Crippen LogP) is 3.02. The first-order valence-electron chi connectivity index (χ1n) is 13.4. The van der Waals surface area contributed by atoms with Gasteiger partial charge < -0.3 is 24.8 Å². The fourth-order valence-corrected chi connectivity index (χ4v) is 5.54. The normalized spacial score (nSPS) is 21.8. The second-order valence-electron chi connectivity index (χ2n) is 10.2.